The molecule has 4 atom stereocenters. The van der Waals surface area contributed by atoms with E-state index in [1.165, 1.54) is 7.11 Å². The van der Waals surface area contributed by atoms with E-state index >= 15 is 0 Å². The lowest BCUT2D eigenvalue weighted by molar-refractivity contribution is -0.153. The van der Waals surface area contributed by atoms with E-state index in [0.717, 1.165) is 10.4 Å². The van der Waals surface area contributed by atoms with Crippen molar-refractivity contribution in [1.29, 1.82) is 0 Å². The second-order valence-electron chi connectivity index (χ2n) is 9.98. The van der Waals surface area contributed by atoms with Crippen LogP contribution in [0.5, 0.6) is 0 Å². The Bertz CT molecular complexity index is 1080. The van der Waals surface area contributed by atoms with Crippen LogP contribution in [0, 0.1) is 0 Å². The van der Waals surface area contributed by atoms with Crippen molar-refractivity contribution in [2.24, 2.45) is 0 Å². The van der Waals surface area contributed by atoms with Gasteiger partial charge in [-0.15, -0.1) is 0 Å². The molecule has 0 spiro atoms. The fourth-order valence-corrected chi connectivity index (χ4v) is 9.46. The van der Waals surface area contributed by atoms with Gasteiger partial charge in [-0.3, -0.25) is 0 Å². The first-order valence-corrected chi connectivity index (χ1v) is 14.1. The molecule has 0 bridgehead atoms. The van der Waals surface area contributed by atoms with Crippen LogP contribution in [0.15, 0.2) is 91.0 Å². The maximum absolute atomic E-state index is 12.7. The van der Waals surface area contributed by atoms with Gasteiger partial charge < -0.3 is 23.7 Å². The van der Waals surface area contributed by atoms with Crippen LogP contribution in [-0.4, -0.2) is 57.7 Å². The minimum absolute atomic E-state index is 0.119. The number of aliphatic hydroxyl groups excluding tert-OH is 1. The lowest BCUT2D eigenvalue weighted by Gasteiger charge is -2.43. The maximum atomic E-state index is 12.7. The Morgan fingerprint density at radius 1 is 0.889 bits per heavy atom. The quantitative estimate of drug-likeness (QED) is 0.372. The van der Waals surface area contributed by atoms with Crippen LogP contribution < -0.4 is 10.4 Å². The number of esters is 1. The molecule has 0 radical (unpaired) electrons. The molecule has 1 aliphatic heterocycles. The van der Waals surface area contributed by atoms with Crippen molar-refractivity contribution in [3.63, 3.8) is 0 Å². The Morgan fingerprint density at radius 3 is 1.86 bits per heavy atom. The van der Waals surface area contributed by atoms with Gasteiger partial charge in [0.05, 0.1) is 12.2 Å². The minimum Gasteiger partial charge on any atom is -0.450 e. The molecule has 7 heteroatoms. The summed E-state index contributed by atoms with van der Waals surface area (Å²) in [5.74, 6) is -0.543. The van der Waals surface area contributed by atoms with Crippen LogP contribution in [0.3, 0.4) is 0 Å². The van der Waals surface area contributed by atoms with E-state index in [9.17, 15) is 9.90 Å². The van der Waals surface area contributed by atoms with Crippen LogP contribution in [0.25, 0.3) is 0 Å². The summed E-state index contributed by atoms with van der Waals surface area (Å²) < 4.78 is 24.0. The molecule has 4 rings (SSSR count). The molecule has 1 aliphatic rings. The highest BCUT2D eigenvalue weighted by Gasteiger charge is 2.53. The second-order valence-corrected chi connectivity index (χ2v) is 14.3. The van der Waals surface area contributed by atoms with Gasteiger partial charge in [0.15, 0.2) is 12.4 Å². The molecule has 1 fully saturated rings. The van der Waals surface area contributed by atoms with E-state index in [0.29, 0.717) is 5.56 Å². The normalized spacial score (nSPS) is 22.4. The molecule has 190 valence electrons. The van der Waals surface area contributed by atoms with Crippen LogP contribution in [-0.2, 0) is 18.6 Å². The third kappa shape index (κ3) is 5.16. The Labute approximate surface area is 213 Å². The van der Waals surface area contributed by atoms with E-state index in [1.807, 2.05) is 42.5 Å². The minimum atomic E-state index is -2.83. The van der Waals surface area contributed by atoms with Gasteiger partial charge >= 0.3 is 5.97 Å². The summed E-state index contributed by atoms with van der Waals surface area (Å²) in [6.45, 7) is 6.68. The van der Waals surface area contributed by atoms with Crippen LogP contribution >= 0.6 is 0 Å². The predicted octanol–water partition coefficient (Wildman–Crippen LogP) is 3.52. The van der Waals surface area contributed by atoms with Crippen LogP contribution in [0.1, 0.15) is 31.1 Å². The summed E-state index contributed by atoms with van der Waals surface area (Å²) in [5.41, 5.74) is 0.395. The number of methoxy groups -OCH3 is 1. The van der Waals surface area contributed by atoms with Gasteiger partial charge in [-0.25, -0.2) is 4.79 Å². The molecular weight excluding hydrogens is 472 g/mol. The molecule has 1 saturated heterocycles. The largest absolute Gasteiger partial charge is 0.450 e. The highest BCUT2D eigenvalue weighted by molar-refractivity contribution is 6.99. The number of aliphatic hydroxyl groups is 1. The van der Waals surface area contributed by atoms with Gasteiger partial charge in [-0.05, 0) is 27.5 Å². The van der Waals surface area contributed by atoms with Crippen LogP contribution in [0.2, 0.25) is 5.04 Å². The number of hydrogen-bond donors (Lipinski definition) is 1. The summed E-state index contributed by atoms with van der Waals surface area (Å²) in [4.78, 5) is 12.7. The average molecular weight is 507 g/mol. The standard InChI is InChI=1S/C29H34O6Si/c1-29(2,3)36(22-16-10-6-11-17-22,23-18-12-7-13-19-23)33-20-24-25(30)26(28(32-4)34-24)35-27(31)21-14-8-5-9-15-21/h5-19,24-26,28,30H,20H2,1-4H3/t24-,25-,26+,28?/m1/s1. The van der Waals surface area contributed by atoms with Crippen molar-refractivity contribution in [2.75, 3.05) is 13.7 Å². The number of carbonyl (C=O) groups is 1. The molecule has 1 unspecified atom stereocenters. The van der Waals surface area contributed by atoms with Crippen molar-refractivity contribution in [1.82, 2.24) is 0 Å². The highest BCUT2D eigenvalue weighted by atomic mass is 28.4. The van der Waals surface area contributed by atoms with Crippen molar-refractivity contribution < 1.29 is 28.5 Å². The van der Waals surface area contributed by atoms with E-state index in [-0.39, 0.29) is 11.6 Å². The van der Waals surface area contributed by atoms with E-state index in [2.05, 4.69) is 45.0 Å². The summed E-state index contributed by atoms with van der Waals surface area (Å²) >= 11 is 0. The molecule has 3 aromatic carbocycles. The maximum Gasteiger partial charge on any atom is 0.338 e. The van der Waals surface area contributed by atoms with Crippen molar-refractivity contribution in [3.8, 4) is 0 Å². The van der Waals surface area contributed by atoms with Gasteiger partial charge in [-0.2, -0.15) is 0 Å². The smallest absolute Gasteiger partial charge is 0.338 e. The number of ether oxygens (including phenoxy) is 3. The molecule has 3 aromatic rings. The number of hydrogen-bond acceptors (Lipinski definition) is 6. The molecule has 0 aliphatic carbocycles. The van der Waals surface area contributed by atoms with Crippen molar-refractivity contribution in [2.45, 2.75) is 50.4 Å². The zero-order valence-corrected chi connectivity index (χ0v) is 22.2. The number of benzene rings is 3. The SMILES string of the molecule is COC1O[C@H](CO[Si](c2ccccc2)(c2ccccc2)C(C)(C)C)[C@@H](O)[C@@H]1OC(=O)c1ccccc1. The van der Waals surface area contributed by atoms with E-state index in [4.69, 9.17) is 18.6 Å². The molecule has 0 amide bonds. The lowest BCUT2D eigenvalue weighted by atomic mass is 10.1. The molecular formula is C29H34O6Si. The second kappa shape index (κ2) is 11.1. The number of rotatable bonds is 8. The zero-order chi connectivity index (χ0) is 25.8. The van der Waals surface area contributed by atoms with Crippen LogP contribution in [0.4, 0.5) is 0 Å². The van der Waals surface area contributed by atoms with Gasteiger partial charge in [0.1, 0.15) is 12.2 Å². The summed E-state index contributed by atoms with van der Waals surface area (Å²) in [5, 5.41) is 13.2. The first-order chi connectivity index (χ1) is 17.3. The molecule has 0 aromatic heterocycles. The van der Waals surface area contributed by atoms with Gasteiger partial charge in [-0.1, -0.05) is 99.6 Å². The van der Waals surface area contributed by atoms with E-state index < -0.39 is 38.9 Å². The first-order valence-electron chi connectivity index (χ1n) is 12.2. The van der Waals surface area contributed by atoms with Gasteiger partial charge in [0, 0.05) is 7.11 Å². The Hall–Kier alpha value is -2.81. The molecule has 6 nitrogen and oxygen atoms in total. The Kier molecular flexibility index (Phi) is 8.07. The van der Waals surface area contributed by atoms with Gasteiger partial charge in [0.2, 0.25) is 0 Å². The van der Waals surface area contributed by atoms with E-state index in [1.54, 1.807) is 24.3 Å². The first kappa shape index (κ1) is 26.3. The average Bonchev–Trinajstić information content (AvgIpc) is 3.19. The Morgan fingerprint density at radius 2 is 1.39 bits per heavy atom. The molecule has 1 heterocycles. The summed E-state index contributed by atoms with van der Waals surface area (Å²) in [6.07, 6.45) is -3.72. The lowest BCUT2D eigenvalue weighted by Crippen LogP contribution is -2.67. The van der Waals surface area contributed by atoms with Crippen molar-refractivity contribution in [3.05, 3.63) is 96.6 Å². The third-order valence-corrected chi connectivity index (χ3v) is 11.7. The molecule has 1 N–H and O–H groups in total. The monoisotopic (exact) mass is 506 g/mol. The fourth-order valence-electron chi connectivity index (χ4n) is 4.89. The molecule has 36 heavy (non-hydrogen) atoms. The molecule has 0 saturated carbocycles. The summed E-state index contributed by atoms with van der Waals surface area (Å²) in [6, 6.07) is 29.2. The highest BCUT2D eigenvalue weighted by Crippen LogP contribution is 2.37. The predicted molar refractivity (Wildman–Crippen MR) is 141 cm³/mol. The summed E-state index contributed by atoms with van der Waals surface area (Å²) in [7, 11) is -1.36. The number of carbonyl (C=O) groups excluding carboxylic acids is 1. The zero-order valence-electron chi connectivity index (χ0n) is 21.2. The third-order valence-electron chi connectivity index (χ3n) is 6.66. The van der Waals surface area contributed by atoms with Crippen molar-refractivity contribution >= 4 is 24.7 Å². The fraction of sp³-hybridized carbons (Fsp3) is 0.345. The topological polar surface area (TPSA) is 74.2 Å². The Balaban J connectivity index is 1.60. The van der Waals surface area contributed by atoms with Gasteiger partial charge in [0.25, 0.3) is 8.32 Å².